The SMILES string of the molecule is CCOc1ccc(N2C(=O)NC(=O)/C(=C/c3cc(Br)c(O)c(OC)c3)C2=O)cc1. The summed E-state index contributed by atoms with van der Waals surface area (Å²) in [7, 11) is 1.38. The minimum atomic E-state index is -0.842. The molecule has 0 saturated carbocycles. The Kier molecular flexibility index (Phi) is 5.88. The third-order valence-corrected chi connectivity index (χ3v) is 4.69. The molecule has 0 unspecified atom stereocenters. The zero-order valence-corrected chi connectivity index (χ0v) is 17.1. The first-order chi connectivity index (χ1) is 13.8. The van der Waals surface area contributed by atoms with E-state index in [1.54, 1.807) is 24.3 Å². The second kappa shape index (κ2) is 8.36. The highest BCUT2D eigenvalue weighted by Crippen LogP contribution is 2.36. The molecular weight excluding hydrogens is 444 g/mol. The van der Waals surface area contributed by atoms with Crippen LogP contribution in [0.5, 0.6) is 17.2 Å². The molecule has 1 fully saturated rings. The van der Waals surface area contributed by atoms with Crippen molar-refractivity contribution >= 4 is 45.5 Å². The number of ether oxygens (including phenoxy) is 2. The summed E-state index contributed by atoms with van der Waals surface area (Å²) >= 11 is 3.19. The van der Waals surface area contributed by atoms with Gasteiger partial charge in [-0.2, -0.15) is 0 Å². The highest BCUT2D eigenvalue weighted by atomic mass is 79.9. The number of barbiturate groups is 1. The van der Waals surface area contributed by atoms with Gasteiger partial charge in [0, 0.05) is 0 Å². The number of carbonyl (C=O) groups excluding carboxylic acids is 3. The highest BCUT2D eigenvalue weighted by molar-refractivity contribution is 9.10. The molecular formula is C20H17BrN2O6. The monoisotopic (exact) mass is 460 g/mol. The molecule has 4 amide bonds. The van der Waals surface area contributed by atoms with Crippen LogP contribution >= 0.6 is 15.9 Å². The molecule has 0 spiro atoms. The number of rotatable bonds is 5. The first-order valence-electron chi connectivity index (χ1n) is 8.56. The van der Waals surface area contributed by atoms with E-state index in [4.69, 9.17) is 9.47 Å². The van der Waals surface area contributed by atoms with Gasteiger partial charge in [0.1, 0.15) is 11.3 Å². The lowest BCUT2D eigenvalue weighted by Gasteiger charge is -2.26. The van der Waals surface area contributed by atoms with Crippen molar-refractivity contribution in [2.45, 2.75) is 6.92 Å². The molecule has 9 heteroatoms. The summed E-state index contributed by atoms with van der Waals surface area (Å²) in [6.07, 6.45) is 1.32. The fraction of sp³-hybridized carbons (Fsp3) is 0.150. The lowest BCUT2D eigenvalue weighted by Crippen LogP contribution is -2.54. The highest BCUT2D eigenvalue weighted by Gasteiger charge is 2.36. The summed E-state index contributed by atoms with van der Waals surface area (Å²) in [5.74, 6) is -0.944. The van der Waals surface area contributed by atoms with Gasteiger partial charge < -0.3 is 14.6 Å². The number of hydrogen-bond donors (Lipinski definition) is 2. The molecule has 150 valence electrons. The molecule has 0 atom stereocenters. The average molecular weight is 461 g/mol. The summed E-state index contributed by atoms with van der Waals surface area (Å²) in [5.41, 5.74) is 0.475. The fourth-order valence-electron chi connectivity index (χ4n) is 2.75. The number of amides is 4. The van der Waals surface area contributed by atoms with Crippen molar-refractivity contribution < 1.29 is 29.0 Å². The number of anilines is 1. The number of hydrogen-bond acceptors (Lipinski definition) is 6. The Labute approximate surface area is 174 Å². The van der Waals surface area contributed by atoms with E-state index >= 15 is 0 Å². The summed E-state index contributed by atoms with van der Waals surface area (Å²) in [5, 5.41) is 12.1. The van der Waals surface area contributed by atoms with Crippen LogP contribution in [-0.2, 0) is 9.59 Å². The van der Waals surface area contributed by atoms with Crippen LogP contribution < -0.4 is 19.7 Å². The van der Waals surface area contributed by atoms with E-state index in [0.29, 0.717) is 28.1 Å². The lowest BCUT2D eigenvalue weighted by atomic mass is 10.1. The molecule has 2 N–H and O–H groups in total. The van der Waals surface area contributed by atoms with Gasteiger partial charge in [0.05, 0.1) is 23.9 Å². The van der Waals surface area contributed by atoms with Crippen molar-refractivity contribution in [3.63, 3.8) is 0 Å². The Balaban J connectivity index is 1.99. The first kappa shape index (κ1) is 20.4. The number of imide groups is 2. The number of benzene rings is 2. The van der Waals surface area contributed by atoms with Crippen molar-refractivity contribution in [1.29, 1.82) is 0 Å². The Morgan fingerprint density at radius 1 is 1.17 bits per heavy atom. The molecule has 0 aliphatic carbocycles. The van der Waals surface area contributed by atoms with Crippen LogP contribution in [0, 0.1) is 0 Å². The first-order valence-corrected chi connectivity index (χ1v) is 9.35. The molecule has 2 aromatic carbocycles. The van der Waals surface area contributed by atoms with Gasteiger partial charge in [-0.15, -0.1) is 0 Å². The van der Waals surface area contributed by atoms with Crippen molar-refractivity contribution in [3.05, 3.63) is 52.0 Å². The van der Waals surface area contributed by atoms with Crippen LogP contribution in [0.25, 0.3) is 6.08 Å². The number of urea groups is 1. The third-order valence-electron chi connectivity index (χ3n) is 4.09. The van der Waals surface area contributed by atoms with Crippen molar-refractivity contribution in [3.8, 4) is 17.2 Å². The maximum Gasteiger partial charge on any atom is 0.335 e. The van der Waals surface area contributed by atoms with Crippen LogP contribution in [0.2, 0.25) is 0 Å². The number of nitrogens with zero attached hydrogens (tertiary/aromatic N) is 1. The van der Waals surface area contributed by atoms with Gasteiger partial charge in [-0.1, -0.05) is 0 Å². The van der Waals surface area contributed by atoms with Gasteiger partial charge in [0.2, 0.25) is 0 Å². The van der Waals surface area contributed by atoms with Crippen LogP contribution in [0.3, 0.4) is 0 Å². The normalized spacial score (nSPS) is 15.5. The minimum absolute atomic E-state index is 0.111. The number of phenols is 1. The van der Waals surface area contributed by atoms with Gasteiger partial charge in [-0.05, 0) is 70.9 Å². The molecule has 1 aliphatic rings. The third kappa shape index (κ3) is 4.09. The summed E-state index contributed by atoms with van der Waals surface area (Å²) in [4.78, 5) is 38.4. The van der Waals surface area contributed by atoms with E-state index < -0.39 is 17.8 Å². The Morgan fingerprint density at radius 2 is 1.86 bits per heavy atom. The fourth-order valence-corrected chi connectivity index (χ4v) is 3.21. The van der Waals surface area contributed by atoms with Gasteiger partial charge >= 0.3 is 6.03 Å². The zero-order valence-electron chi connectivity index (χ0n) is 15.6. The minimum Gasteiger partial charge on any atom is -0.503 e. The molecule has 0 bridgehead atoms. The standard InChI is InChI=1S/C20H17BrN2O6/c1-3-29-13-6-4-12(5-7-13)23-19(26)14(18(25)22-20(23)27)8-11-9-15(21)17(24)16(10-11)28-2/h4-10,24H,3H2,1-2H3,(H,22,25,27)/b14-8-. The molecule has 0 radical (unpaired) electrons. The van der Waals surface area contributed by atoms with Gasteiger partial charge in [-0.25, -0.2) is 9.69 Å². The van der Waals surface area contributed by atoms with Crippen molar-refractivity contribution in [1.82, 2.24) is 5.32 Å². The van der Waals surface area contributed by atoms with Crippen LogP contribution in [-0.4, -0.2) is 36.7 Å². The Bertz CT molecular complexity index is 1020. The number of methoxy groups -OCH3 is 1. The Morgan fingerprint density at radius 3 is 2.48 bits per heavy atom. The second-order valence-electron chi connectivity index (χ2n) is 5.94. The molecule has 3 rings (SSSR count). The smallest absolute Gasteiger partial charge is 0.335 e. The van der Waals surface area contributed by atoms with E-state index in [9.17, 15) is 19.5 Å². The van der Waals surface area contributed by atoms with E-state index in [0.717, 1.165) is 4.90 Å². The summed E-state index contributed by atoms with van der Waals surface area (Å²) < 4.78 is 10.8. The molecule has 29 heavy (non-hydrogen) atoms. The molecule has 8 nitrogen and oxygen atoms in total. The maximum absolute atomic E-state index is 12.9. The molecule has 1 saturated heterocycles. The van der Waals surface area contributed by atoms with Crippen molar-refractivity contribution in [2.24, 2.45) is 0 Å². The predicted octanol–water partition coefficient (Wildman–Crippen LogP) is 3.23. The number of nitrogens with one attached hydrogen (secondary N) is 1. The maximum atomic E-state index is 12.9. The van der Waals surface area contributed by atoms with E-state index in [-0.39, 0.29) is 17.1 Å². The molecule has 0 aromatic heterocycles. The van der Waals surface area contributed by atoms with Gasteiger partial charge in [-0.3, -0.25) is 14.9 Å². The average Bonchev–Trinajstić information content (AvgIpc) is 2.69. The van der Waals surface area contributed by atoms with Crippen LogP contribution in [0.4, 0.5) is 10.5 Å². The van der Waals surface area contributed by atoms with Gasteiger partial charge in [0.25, 0.3) is 11.8 Å². The topological polar surface area (TPSA) is 105 Å². The van der Waals surface area contributed by atoms with E-state index in [1.165, 1.54) is 25.3 Å². The van der Waals surface area contributed by atoms with E-state index in [1.807, 2.05) is 6.92 Å². The lowest BCUT2D eigenvalue weighted by molar-refractivity contribution is -0.122. The Hall–Kier alpha value is -3.33. The summed E-state index contributed by atoms with van der Waals surface area (Å²) in [6, 6.07) is 8.49. The number of carbonyl (C=O) groups is 3. The molecule has 1 aliphatic heterocycles. The predicted molar refractivity (Wildman–Crippen MR) is 109 cm³/mol. The quantitative estimate of drug-likeness (QED) is 0.524. The van der Waals surface area contributed by atoms with Crippen molar-refractivity contribution in [2.75, 3.05) is 18.6 Å². The largest absolute Gasteiger partial charge is 0.503 e. The molecule has 1 heterocycles. The number of halogens is 1. The second-order valence-corrected chi connectivity index (χ2v) is 6.79. The number of phenolic OH excluding ortho intramolecular Hbond substituents is 1. The molecule has 2 aromatic rings. The van der Waals surface area contributed by atoms with Gasteiger partial charge in [0.15, 0.2) is 11.5 Å². The van der Waals surface area contributed by atoms with Crippen LogP contribution in [0.15, 0.2) is 46.4 Å². The van der Waals surface area contributed by atoms with E-state index in [2.05, 4.69) is 21.2 Å². The summed E-state index contributed by atoms with van der Waals surface area (Å²) in [6.45, 7) is 2.32. The zero-order chi connectivity index (χ0) is 21.1. The van der Waals surface area contributed by atoms with Crippen LogP contribution in [0.1, 0.15) is 12.5 Å². The number of aromatic hydroxyl groups is 1.